The summed E-state index contributed by atoms with van der Waals surface area (Å²) in [6.07, 6.45) is 0. The maximum atomic E-state index is 13.5. The number of anilines is 1. The first-order chi connectivity index (χ1) is 14.3. The van der Waals surface area contributed by atoms with Gasteiger partial charge in [-0.05, 0) is 62.1 Å². The van der Waals surface area contributed by atoms with E-state index in [0.29, 0.717) is 17.0 Å². The number of carbonyl (C=O) groups excluding carboxylic acids is 2. The minimum Gasteiger partial charge on any atom is -0.497 e. The number of amides is 2. The van der Waals surface area contributed by atoms with Gasteiger partial charge in [0.05, 0.1) is 7.11 Å². The predicted molar refractivity (Wildman–Crippen MR) is 117 cm³/mol. The van der Waals surface area contributed by atoms with E-state index in [0.717, 1.165) is 11.5 Å². The topological polar surface area (TPSA) is 84.4 Å². The van der Waals surface area contributed by atoms with Crippen molar-refractivity contribution >= 4 is 29.0 Å². The Balaban J connectivity index is 2.14. The molecule has 0 fully saturated rings. The lowest BCUT2D eigenvalue weighted by Gasteiger charge is -2.33. The monoisotopic (exact) mass is 424 g/mol. The molecule has 0 aliphatic carbocycles. The molecule has 156 valence electrons. The second kappa shape index (κ2) is 9.04. The fraction of sp³-hybridized carbons (Fsp3) is 0.273. The molecular formula is C22H24N4O3S. The summed E-state index contributed by atoms with van der Waals surface area (Å²) < 4.78 is 9.04. The standard InChI is InChI=1S/C22H24N4O3S/c1-22(2,3)23-20(27)19(15-8-6-5-7-9-15)26(21(28)18-14-30-25-24-18)16-10-12-17(29-4)13-11-16/h5-14,19H,1-4H3,(H,23,27)/t19-/m1/s1. The van der Waals surface area contributed by atoms with Crippen molar-refractivity contribution in [3.63, 3.8) is 0 Å². The molecule has 7 nitrogen and oxygen atoms in total. The quantitative estimate of drug-likeness (QED) is 0.650. The van der Waals surface area contributed by atoms with Crippen molar-refractivity contribution in [1.82, 2.24) is 14.9 Å². The summed E-state index contributed by atoms with van der Waals surface area (Å²) in [5.74, 6) is -0.0511. The lowest BCUT2D eigenvalue weighted by Crippen LogP contribution is -2.49. The molecule has 0 spiro atoms. The number of nitrogens with zero attached hydrogens (tertiary/aromatic N) is 3. The molecule has 0 bridgehead atoms. The highest BCUT2D eigenvalue weighted by Gasteiger charge is 2.35. The molecule has 8 heteroatoms. The molecule has 3 aromatic rings. The highest BCUT2D eigenvalue weighted by Crippen LogP contribution is 2.31. The summed E-state index contributed by atoms with van der Waals surface area (Å²) >= 11 is 1.08. The smallest absolute Gasteiger partial charge is 0.280 e. The average molecular weight is 425 g/mol. The first kappa shape index (κ1) is 21.4. The number of rotatable bonds is 6. The molecule has 0 saturated heterocycles. The number of aromatic nitrogens is 2. The van der Waals surface area contributed by atoms with Crippen LogP contribution in [0.1, 0.15) is 42.9 Å². The number of hydrogen-bond acceptors (Lipinski definition) is 6. The van der Waals surface area contributed by atoms with Gasteiger partial charge in [-0.15, -0.1) is 5.10 Å². The van der Waals surface area contributed by atoms with Gasteiger partial charge in [-0.3, -0.25) is 14.5 Å². The van der Waals surface area contributed by atoms with E-state index in [2.05, 4.69) is 14.9 Å². The average Bonchev–Trinajstić information content (AvgIpc) is 3.26. The van der Waals surface area contributed by atoms with E-state index in [1.165, 1.54) is 4.90 Å². The van der Waals surface area contributed by atoms with Crippen LogP contribution in [0.3, 0.4) is 0 Å². The molecule has 30 heavy (non-hydrogen) atoms. The van der Waals surface area contributed by atoms with Gasteiger partial charge in [-0.2, -0.15) is 0 Å². The van der Waals surface area contributed by atoms with Crippen molar-refractivity contribution in [2.24, 2.45) is 0 Å². The molecule has 2 amide bonds. The van der Waals surface area contributed by atoms with Crippen molar-refractivity contribution in [1.29, 1.82) is 0 Å². The van der Waals surface area contributed by atoms with E-state index in [1.807, 2.05) is 51.1 Å². The van der Waals surface area contributed by atoms with Crippen molar-refractivity contribution in [3.8, 4) is 5.75 Å². The van der Waals surface area contributed by atoms with Gasteiger partial charge < -0.3 is 10.1 Å². The van der Waals surface area contributed by atoms with Gasteiger partial charge in [0.15, 0.2) is 5.69 Å². The molecule has 0 aliphatic heterocycles. The first-order valence-corrected chi connectivity index (χ1v) is 10.3. The van der Waals surface area contributed by atoms with Gasteiger partial charge in [-0.1, -0.05) is 34.8 Å². The van der Waals surface area contributed by atoms with Crippen molar-refractivity contribution in [3.05, 3.63) is 71.2 Å². The summed E-state index contributed by atoms with van der Waals surface area (Å²) in [6, 6.07) is 15.3. The number of ether oxygens (including phenoxy) is 1. The Morgan fingerprint density at radius 1 is 1.07 bits per heavy atom. The Morgan fingerprint density at radius 2 is 1.73 bits per heavy atom. The number of methoxy groups -OCH3 is 1. The molecule has 1 aromatic heterocycles. The van der Waals surface area contributed by atoms with Gasteiger partial charge in [0.1, 0.15) is 11.8 Å². The van der Waals surface area contributed by atoms with Crippen LogP contribution in [0.4, 0.5) is 5.69 Å². The molecule has 0 aliphatic rings. The molecule has 3 rings (SSSR count). The highest BCUT2D eigenvalue weighted by molar-refractivity contribution is 7.03. The molecule has 0 saturated carbocycles. The van der Waals surface area contributed by atoms with E-state index in [4.69, 9.17) is 4.74 Å². The van der Waals surface area contributed by atoms with Gasteiger partial charge in [-0.25, -0.2) is 0 Å². The molecular weight excluding hydrogens is 400 g/mol. The number of nitrogens with one attached hydrogen (secondary N) is 1. The fourth-order valence-electron chi connectivity index (χ4n) is 3.00. The van der Waals surface area contributed by atoms with E-state index in [9.17, 15) is 9.59 Å². The maximum absolute atomic E-state index is 13.5. The van der Waals surface area contributed by atoms with Crippen molar-refractivity contribution in [2.75, 3.05) is 12.0 Å². The minimum atomic E-state index is -0.895. The zero-order valence-electron chi connectivity index (χ0n) is 17.3. The molecule has 1 heterocycles. The van der Waals surface area contributed by atoms with Crippen LogP contribution in [0.25, 0.3) is 0 Å². The SMILES string of the molecule is COc1ccc(N(C(=O)c2csnn2)[C@@H](C(=O)NC(C)(C)C)c2ccccc2)cc1. The third kappa shape index (κ3) is 5.01. The zero-order chi connectivity index (χ0) is 21.7. The van der Waals surface area contributed by atoms with Gasteiger partial charge in [0.2, 0.25) is 5.91 Å². The highest BCUT2D eigenvalue weighted by atomic mass is 32.1. The second-order valence-corrected chi connectivity index (χ2v) is 8.33. The summed E-state index contributed by atoms with van der Waals surface area (Å²) in [6.45, 7) is 5.70. The van der Waals surface area contributed by atoms with Crippen molar-refractivity contribution in [2.45, 2.75) is 32.4 Å². The maximum Gasteiger partial charge on any atom is 0.280 e. The van der Waals surface area contributed by atoms with Crippen LogP contribution in [0.15, 0.2) is 60.0 Å². The second-order valence-electron chi connectivity index (χ2n) is 7.72. The Labute approximate surface area is 179 Å². The van der Waals surface area contributed by atoms with Crippen LogP contribution in [0, 0.1) is 0 Å². The number of hydrogen-bond donors (Lipinski definition) is 1. The summed E-state index contributed by atoms with van der Waals surface area (Å²) in [5.41, 5.74) is 0.944. The van der Waals surface area contributed by atoms with E-state index >= 15 is 0 Å². The minimum absolute atomic E-state index is 0.181. The third-order valence-corrected chi connectivity index (χ3v) is 4.77. The Kier molecular flexibility index (Phi) is 6.47. The van der Waals surface area contributed by atoms with E-state index < -0.39 is 17.5 Å². The summed E-state index contributed by atoms with van der Waals surface area (Å²) in [4.78, 5) is 28.3. The van der Waals surface area contributed by atoms with Gasteiger partial charge in [0, 0.05) is 16.6 Å². The van der Waals surface area contributed by atoms with E-state index in [-0.39, 0.29) is 11.6 Å². The molecule has 1 N–H and O–H groups in total. The van der Waals surface area contributed by atoms with Gasteiger partial charge in [0.25, 0.3) is 5.91 Å². The lowest BCUT2D eigenvalue weighted by molar-refractivity contribution is -0.123. The Morgan fingerprint density at radius 3 is 2.27 bits per heavy atom. The Bertz CT molecular complexity index is 983. The number of benzene rings is 2. The van der Waals surface area contributed by atoms with E-state index in [1.54, 1.807) is 36.8 Å². The van der Waals surface area contributed by atoms with Gasteiger partial charge >= 0.3 is 0 Å². The summed E-state index contributed by atoms with van der Waals surface area (Å²) in [5, 5.41) is 8.50. The lowest BCUT2D eigenvalue weighted by atomic mass is 10.0. The molecule has 1 atom stereocenters. The van der Waals surface area contributed by atoms with Crippen LogP contribution in [0.5, 0.6) is 5.75 Å². The van der Waals surface area contributed by atoms with Crippen LogP contribution < -0.4 is 15.0 Å². The molecule has 0 radical (unpaired) electrons. The fourth-order valence-corrected chi connectivity index (χ4v) is 3.43. The normalized spacial score (nSPS) is 12.1. The molecule has 0 unspecified atom stereocenters. The van der Waals surface area contributed by atoms with Crippen LogP contribution in [0.2, 0.25) is 0 Å². The largest absolute Gasteiger partial charge is 0.497 e. The zero-order valence-corrected chi connectivity index (χ0v) is 18.1. The Hall–Kier alpha value is -3.26. The molecule has 2 aromatic carbocycles. The van der Waals surface area contributed by atoms with Crippen LogP contribution in [-0.4, -0.2) is 34.1 Å². The number of carbonyl (C=O) groups is 2. The first-order valence-electron chi connectivity index (χ1n) is 9.42. The summed E-state index contributed by atoms with van der Waals surface area (Å²) in [7, 11) is 1.57. The predicted octanol–water partition coefficient (Wildman–Crippen LogP) is 3.85. The van der Waals surface area contributed by atoms with Crippen LogP contribution >= 0.6 is 11.5 Å². The van der Waals surface area contributed by atoms with Crippen LogP contribution in [-0.2, 0) is 4.79 Å². The third-order valence-electron chi connectivity index (χ3n) is 4.27. The van der Waals surface area contributed by atoms with Crippen molar-refractivity contribution < 1.29 is 14.3 Å².